The maximum absolute atomic E-state index is 14.5. The predicted molar refractivity (Wildman–Crippen MR) is 117 cm³/mol. The maximum Gasteiger partial charge on any atom is 0.254 e. The highest BCUT2D eigenvalue weighted by Gasteiger charge is 2.36. The monoisotopic (exact) mass is 407 g/mol. The van der Waals surface area contributed by atoms with Crippen LogP contribution in [0.4, 0.5) is 4.39 Å². The SMILES string of the molecule is C=CC1(F)CCN(Cc2cc3c(c4ncccc24)CN(C2CCCCC2)C3=O)CC1. The van der Waals surface area contributed by atoms with E-state index in [0.29, 0.717) is 38.5 Å². The van der Waals surface area contributed by atoms with Gasteiger partial charge in [-0.15, -0.1) is 0 Å². The molecule has 158 valence electrons. The number of pyridine rings is 1. The Balaban J connectivity index is 1.45. The minimum atomic E-state index is -1.24. The highest BCUT2D eigenvalue weighted by molar-refractivity contribution is 6.04. The lowest BCUT2D eigenvalue weighted by molar-refractivity contribution is 0.0660. The number of carbonyl (C=O) groups excluding carboxylic acids is 1. The summed E-state index contributed by atoms with van der Waals surface area (Å²) in [4.78, 5) is 22.4. The molecule has 1 amide bonds. The number of allylic oxidation sites excluding steroid dienone is 1. The zero-order valence-corrected chi connectivity index (χ0v) is 17.6. The molecule has 0 spiro atoms. The second-order valence-corrected chi connectivity index (χ2v) is 9.20. The molecule has 5 heteroatoms. The third-order valence-corrected chi connectivity index (χ3v) is 7.37. The Labute approximate surface area is 177 Å². The Kier molecular flexibility index (Phi) is 5.10. The lowest BCUT2D eigenvalue weighted by Crippen LogP contribution is -2.40. The number of rotatable bonds is 4. The zero-order valence-electron chi connectivity index (χ0n) is 17.6. The van der Waals surface area contributed by atoms with E-state index < -0.39 is 5.67 Å². The van der Waals surface area contributed by atoms with E-state index in [9.17, 15) is 9.18 Å². The Morgan fingerprint density at radius 2 is 2.00 bits per heavy atom. The van der Waals surface area contributed by atoms with Gasteiger partial charge in [-0.3, -0.25) is 14.7 Å². The third kappa shape index (κ3) is 3.43. The first kappa shape index (κ1) is 19.7. The van der Waals surface area contributed by atoms with E-state index >= 15 is 0 Å². The van der Waals surface area contributed by atoms with Crippen molar-refractivity contribution in [2.75, 3.05) is 13.1 Å². The number of benzene rings is 1. The lowest BCUT2D eigenvalue weighted by Gasteiger charge is -2.34. The van der Waals surface area contributed by atoms with Crippen molar-refractivity contribution in [1.29, 1.82) is 0 Å². The first-order valence-corrected chi connectivity index (χ1v) is 11.3. The topological polar surface area (TPSA) is 36.4 Å². The molecule has 30 heavy (non-hydrogen) atoms. The van der Waals surface area contributed by atoms with Crippen molar-refractivity contribution in [1.82, 2.24) is 14.8 Å². The molecule has 1 saturated heterocycles. The summed E-state index contributed by atoms with van der Waals surface area (Å²) in [7, 11) is 0. The van der Waals surface area contributed by atoms with Crippen LogP contribution in [0.2, 0.25) is 0 Å². The average Bonchev–Trinajstić information content (AvgIpc) is 3.13. The van der Waals surface area contributed by atoms with E-state index in [-0.39, 0.29) is 5.91 Å². The molecule has 2 aliphatic heterocycles. The van der Waals surface area contributed by atoms with Gasteiger partial charge in [-0.1, -0.05) is 38.0 Å². The molecule has 3 aliphatic rings. The van der Waals surface area contributed by atoms with Crippen molar-refractivity contribution in [3.8, 4) is 0 Å². The molecule has 3 heterocycles. The van der Waals surface area contributed by atoms with Crippen LogP contribution >= 0.6 is 0 Å². The number of carbonyl (C=O) groups is 1. The minimum absolute atomic E-state index is 0.166. The van der Waals surface area contributed by atoms with Crippen LogP contribution in [0.3, 0.4) is 0 Å². The second-order valence-electron chi connectivity index (χ2n) is 9.20. The summed E-state index contributed by atoms with van der Waals surface area (Å²) in [5.74, 6) is 0.166. The molecule has 0 bridgehead atoms. The molecule has 1 aliphatic carbocycles. The fourth-order valence-corrected chi connectivity index (χ4v) is 5.47. The van der Waals surface area contributed by atoms with Gasteiger partial charge in [-0.25, -0.2) is 4.39 Å². The Hall–Kier alpha value is -2.27. The Morgan fingerprint density at radius 3 is 2.73 bits per heavy atom. The largest absolute Gasteiger partial charge is 0.331 e. The van der Waals surface area contributed by atoms with E-state index in [1.54, 1.807) is 0 Å². The van der Waals surface area contributed by atoms with Gasteiger partial charge in [0.1, 0.15) is 5.67 Å². The highest BCUT2D eigenvalue weighted by atomic mass is 19.1. The molecule has 2 fully saturated rings. The van der Waals surface area contributed by atoms with Crippen LogP contribution in [0.25, 0.3) is 10.9 Å². The molecular formula is C25H30FN3O. The Morgan fingerprint density at radius 1 is 1.23 bits per heavy atom. The maximum atomic E-state index is 14.5. The average molecular weight is 408 g/mol. The molecule has 1 saturated carbocycles. The highest BCUT2D eigenvalue weighted by Crippen LogP contribution is 2.36. The third-order valence-electron chi connectivity index (χ3n) is 7.37. The number of hydrogen-bond donors (Lipinski definition) is 0. The standard InChI is InChI=1S/C25H30FN3O/c1-2-25(26)10-13-28(14-11-25)16-18-15-21-22(23-20(18)9-6-12-27-23)17-29(24(21)30)19-7-4-3-5-8-19/h2,6,9,12,15,19H,1,3-5,7-8,10-11,13-14,16-17H2. The van der Waals surface area contributed by atoms with Crippen LogP contribution in [0.15, 0.2) is 37.1 Å². The van der Waals surface area contributed by atoms with Crippen LogP contribution in [0.5, 0.6) is 0 Å². The van der Waals surface area contributed by atoms with E-state index in [2.05, 4.69) is 33.5 Å². The van der Waals surface area contributed by atoms with E-state index in [0.717, 1.165) is 47.0 Å². The van der Waals surface area contributed by atoms with Gasteiger partial charge in [0.25, 0.3) is 5.91 Å². The smallest absolute Gasteiger partial charge is 0.254 e. The van der Waals surface area contributed by atoms with Gasteiger partial charge in [0, 0.05) is 54.9 Å². The number of piperidine rings is 1. The summed E-state index contributed by atoms with van der Waals surface area (Å²) >= 11 is 0. The van der Waals surface area contributed by atoms with Crippen molar-refractivity contribution >= 4 is 16.8 Å². The summed E-state index contributed by atoms with van der Waals surface area (Å²) in [6.07, 6.45) is 10.2. The summed E-state index contributed by atoms with van der Waals surface area (Å²) in [6.45, 7) is 6.45. The number of fused-ring (bicyclic) bond motifs is 3. The van der Waals surface area contributed by atoms with E-state index in [1.165, 1.54) is 25.3 Å². The van der Waals surface area contributed by atoms with E-state index in [4.69, 9.17) is 0 Å². The second kappa shape index (κ2) is 7.77. The first-order valence-electron chi connectivity index (χ1n) is 11.3. The van der Waals surface area contributed by atoms with Crippen molar-refractivity contribution in [2.45, 2.75) is 69.7 Å². The van der Waals surface area contributed by atoms with Gasteiger partial charge in [0.05, 0.1) is 5.52 Å². The van der Waals surface area contributed by atoms with Gasteiger partial charge in [-0.05, 0) is 43.4 Å². The Bertz CT molecular complexity index is 974. The summed E-state index contributed by atoms with van der Waals surface area (Å²) in [5, 5.41) is 1.12. The van der Waals surface area contributed by atoms with Crippen LogP contribution in [0.1, 0.15) is 66.4 Å². The van der Waals surface area contributed by atoms with Crippen molar-refractivity contribution in [2.24, 2.45) is 0 Å². The number of halogens is 1. The van der Waals surface area contributed by atoms with Crippen molar-refractivity contribution in [3.63, 3.8) is 0 Å². The molecule has 5 rings (SSSR count). The molecule has 0 unspecified atom stereocenters. The van der Waals surface area contributed by atoms with Crippen LogP contribution in [-0.4, -0.2) is 45.5 Å². The summed E-state index contributed by atoms with van der Waals surface area (Å²) < 4.78 is 14.5. The van der Waals surface area contributed by atoms with Crippen LogP contribution < -0.4 is 0 Å². The van der Waals surface area contributed by atoms with Gasteiger partial charge < -0.3 is 4.90 Å². The molecule has 1 aromatic carbocycles. The lowest BCUT2D eigenvalue weighted by atomic mass is 9.92. The molecule has 4 nitrogen and oxygen atoms in total. The number of nitrogens with zero attached hydrogens (tertiary/aromatic N) is 3. The quantitative estimate of drug-likeness (QED) is 0.668. The fraction of sp³-hybridized carbons (Fsp3) is 0.520. The number of amides is 1. The van der Waals surface area contributed by atoms with Crippen LogP contribution in [0, 0.1) is 0 Å². The zero-order chi connectivity index (χ0) is 20.7. The first-order chi connectivity index (χ1) is 14.6. The summed E-state index contributed by atoms with van der Waals surface area (Å²) in [5.41, 5.74) is 2.75. The van der Waals surface area contributed by atoms with E-state index in [1.807, 2.05) is 12.3 Å². The number of likely N-dealkylation sites (tertiary alicyclic amines) is 1. The number of alkyl halides is 1. The van der Waals surface area contributed by atoms with Gasteiger partial charge in [0.15, 0.2) is 0 Å². The van der Waals surface area contributed by atoms with Crippen molar-refractivity contribution in [3.05, 3.63) is 53.7 Å². The molecule has 1 aromatic heterocycles. The van der Waals surface area contributed by atoms with Gasteiger partial charge in [0.2, 0.25) is 0 Å². The molecule has 0 radical (unpaired) electrons. The van der Waals surface area contributed by atoms with Crippen molar-refractivity contribution < 1.29 is 9.18 Å². The van der Waals surface area contributed by atoms with Crippen LogP contribution in [-0.2, 0) is 13.1 Å². The molecule has 2 aromatic rings. The fourth-order valence-electron chi connectivity index (χ4n) is 5.47. The number of aromatic nitrogens is 1. The predicted octanol–water partition coefficient (Wildman–Crippen LogP) is 5.01. The minimum Gasteiger partial charge on any atom is -0.331 e. The molecular weight excluding hydrogens is 377 g/mol. The normalized spacial score (nSPS) is 22.4. The molecule has 0 N–H and O–H groups in total. The summed E-state index contributed by atoms with van der Waals surface area (Å²) in [6, 6.07) is 6.53. The van der Waals surface area contributed by atoms with Gasteiger partial charge >= 0.3 is 0 Å². The van der Waals surface area contributed by atoms with Gasteiger partial charge in [-0.2, -0.15) is 0 Å². The molecule has 0 atom stereocenters. The number of hydrogen-bond acceptors (Lipinski definition) is 3.